The minimum absolute atomic E-state index is 0.108. The van der Waals surface area contributed by atoms with Crippen molar-refractivity contribution in [3.63, 3.8) is 0 Å². The van der Waals surface area contributed by atoms with Gasteiger partial charge in [-0.3, -0.25) is 19.5 Å². The summed E-state index contributed by atoms with van der Waals surface area (Å²) < 4.78 is 26.7. The van der Waals surface area contributed by atoms with Crippen LogP contribution in [-0.2, 0) is 19.6 Å². The Morgan fingerprint density at radius 1 is 1.13 bits per heavy atom. The number of nitrogens with one attached hydrogen (secondary N) is 1. The molecule has 0 aliphatic carbocycles. The van der Waals surface area contributed by atoms with Crippen LogP contribution in [0.15, 0.2) is 53.7 Å². The van der Waals surface area contributed by atoms with Crippen LogP contribution < -0.4 is 5.32 Å². The van der Waals surface area contributed by atoms with Gasteiger partial charge < -0.3 is 10.2 Å². The molecule has 11 heteroatoms. The molecule has 0 radical (unpaired) electrons. The molecule has 1 saturated heterocycles. The smallest absolute Gasteiger partial charge is 0.244 e. The standard InChI is InChI=1S/C20H24ClN5O4S/c1-24(14-19(27)23-18-7-3-2-6-17(18)21)20(28)15-25-9-11-26(12-10-25)31(29,30)16-5-4-8-22-13-16/h2-8,13H,9-12,14-15H2,1H3,(H,23,27). The Morgan fingerprint density at radius 2 is 1.84 bits per heavy atom. The topological polar surface area (TPSA) is 103 Å². The van der Waals surface area contributed by atoms with E-state index in [9.17, 15) is 18.0 Å². The maximum atomic E-state index is 12.7. The molecular weight excluding hydrogens is 442 g/mol. The lowest BCUT2D eigenvalue weighted by Crippen LogP contribution is -2.51. The van der Waals surface area contributed by atoms with E-state index in [1.165, 1.54) is 27.7 Å². The third kappa shape index (κ3) is 6.01. The first-order valence-electron chi connectivity index (χ1n) is 9.68. The Hall–Kier alpha value is -2.53. The Labute approximate surface area is 186 Å². The summed E-state index contributed by atoms with van der Waals surface area (Å²) in [5.74, 6) is -0.575. The predicted octanol–water partition coefficient (Wildman–Crippen LogP) is 1.14. The van der Waals surface area contributed by atoms with Crippen molar-refractivity contribution in [1.82, 2.24) is 19.1 Å². The first kappa shape index (κ1) is 23.1. The van der Waals surface area contributed by atoms with E-state index in [1.807, 2.05) is 4.90 Å². The van der Waals surface area contributed by atoms with E-state index in [4.69, 9.17) is 11.6 Å². The van der Waals surface area contributed by atoms with E-state index in [2.05, 4.69) is 10.3 Å². The van der Waals surface area contributed by atoms with Crippen LogP contribution >= 0.6 is 11.6 Å². The lowest BCUT2D eigenvalue weighted by atomic mass is 10.3. The number of hydrogen-bond acceptors (Lipinski definition) is 6. The number of nitrogens with zero attached hydrogens (tertiary/aromatic N) is 4. The number of carbonyl (C=O) groups excluding carboxylic acids is 2. The Kier molecular flexibility index (Phi) is 7.60. The summed E-state index contributed by atoms with van der Waals surface area (Å²) in [5, 5.41) is 3.10. The summed E-state index contributed by atoms with van der Waals surface area (Å²) in [4.78, 5) is 31.9. The van der Waals surface area contributed by atoms with Crippen LogP contribution in [0.1, 0.15) is 0 Å². The second-order valence-corrected chi connectivity index (χ2v) is 9.49. The zero-order valence-corrected chi connectivity index (χ0v) is 18.6. The van der Waals surface area contributed by atoms with Crippen LogP contribution in [0.4, 0.5) is 5.69 Å². The molecule has 2 amide bonds. The van der Waals surface area contributed by atoms with Gasteiger partial charge in [-0.2, -0.15) is 4.31 Å². The average Bonchev–Trinajstić information content (AvgIpc) is 2.76. The highest BCUT2D eigenvalue weighted by atomic mass is 35.5. The number of halogens is 1. The largest absolute Gasteiger partial charge is 0.335 e. The molecule has 9 nitrogen and oxygen atoms in total. The van der Waals surface area contributed by atoms with Gasteiger partial charge in [-0.15, -0.1) is 0 Å². The van der Waals surface area contributed by atoms with Crippen LogP contribution in [0.3, 0.4) is 0 Å². The fraction of sp³-hybridized carbons (Fsp3) is 0.350. The molecule has 31 heavy (non-hydrogen) atoms. The fourth-order valence-electron chi connectivity index (χ4n) is 3.14. The van der Waals surface area contributed by atoms with Crippen LogP contribution in [-0.4, -0.2) is 85.6 Å². The van der Waals surface area contributed by atoms with Gasteiger partial charge >= 0.3 is 0 Å². The van der Waals surface area contributed by atoms with Gasteiger partial charge in [0.05, 0.1) is 23.8 Å². The number of likely N-dealkylation sites (N-methyl/N-ethyl adjacent to an activating group) is 1. The number of para-hydroxylation sites is 1. The van der Waals surface area contributed by atoms with Gasteiger partial charge in [-0.25, -0.2) is 8.42 Å². The van der Waals surface area contributed by atoms with Gasteiger partial charge in [0.15, 0.2) is 0 Å². The van der Waals surface area contributed by atoms with E-state index in [0.29, 0.717) is 23.8 Å². The predicted molar refractivity (Wildman–Crippen MR) is 117 cm³/mol. The zero-order chi connectivity index (χ0) is 22.4. The minimum Gasteiger partial charge on any atom is -0.335 e. The number of benzene rings is 1. The van der Waals surface area contributed by atoms with E-state index in [1.54, 1.807) is 37.4 Å². The number of pyridine rings is 1. The second kappa shape index (κ2) is 10.2. The normalized spacial score (nSPS) is 15.4. The Balaban J connectivity index is 1.47. The molecule has 1 fully saturated rings. The van der Waals surface area contributed by atoms with Crippen LogP contribution in [0, 0.1) is 0 Å². The molecule has 1 aliphatic heterocycles. The molecule has 0 unspecified atom stereocenters. The van der Waals surface area contributed by atoms with Crippen molar-refractivity contribution < 1.29 is 18.0 Å². The van der Waals surface area contributed by atoms with Crippen LogP contribution in [0.25, 0.3) is 0 Å². The molecule has 0 bridgehead atoms. The molecule has 1 N–H and O–H groups in total. The fourth-order valence-corrected chi connectivity index (χ4v) is 4.71. The Bertz CT molecular complexity index is 1030. The molecule has 3 rings (SSSR count). The number of aromatic nitrogens is 1. The molecule has 0 spiro atoms. The van der Waals surface area contributed by atoms with Crippen LogP contribution in [0.5, 0.6) is 0 Å². The minimum atomic E-state index is -3.59. The van der Waals surface area contributed by atoms with E-state index >= 15 is 0 Å². The number of amides is 2. The molecule has 0 atom stereocenters. The molecule has 166 valence electrons. The highest BCUT2D eigenvalue weighted by molar-refractivity contribution is 7.89. The maximum absolute atomic E-state index is 12.7. The van der Waals surface area contributed by atoms with Gasteiger partial charge in [-0.05, 0) is 24.3 Å². The average molecular weight is 466 g/mol. The summed E-state index contributed by atoms with van der Waals surface area (Å²) >= 11 is 6.03. The van der Waals surface area contributed by atoms with Crippen molar-refractivity contribution in [3.8, 4) is 0 Å². The lowest BCUT2D eigenvalue weighted by Gasteiger charge is -2.34. The third-order valence-electron chi connectivity index (χ3n) is 4.92. The first-order chi connectivity index (χ1) is 14.8. The van der Waals surface area contributed by atoms with Gasteiger partial charge in [0.25, 0.3) is 0 Å². The van der Waals surface area contributed by atoms with E-state index in [-0.39, 0.29) is 42.9 Å². The van der Waals surface area contributed by atoms with Crippen molar-refractivity contribution in [3.05, 3.63) is 53.8 Å². The number of anilines is 1. The highest BCUT2D eigenvalue weighted by Gasteiger charge is 2.29. The molecule has 0 saturated carbocycles. The number of sulfonamides is 1. The number of hydrogen-bond donors (Lipinski definition) is 1. The molecule has 2 aromatic rings. The molecular formula is C20H24ClN5O4S. The van der Waals surface area contributed by atoms with Crippen molar-refractivity contribution in [2.45, 2.75) is 4.90 Å². The SMILES string of the molecule is CN(CC(=O)Nc1ccccc1Cl)C(=O)CN1CCN(S(=O)(=O)c2cccnc2)CC1. The van der Waals surface area contributed by atoms with Crippen molar-refractivity contribution in [2.75, 3.05) is 51.6 Å². The Morgan fingerprint density at radius 3 is 2.48 bits per heavy atom. The molecule has 2 heterocycles. The number of rotatable bonds is 7. The maximum Gasteiger partial charge on any atom is 0.244 e. The number of carbonyl (C=O) groups is 2. The monoisotopic (exact) mass is 465 g/mol. The summed E-state index contributed by atoms with van der Waals surface area (Å²) in [5.41, 5.74) is 0.487. The van der Waals surface area contributed by atoms with Gasteiger partial charge in [0.2, 0.25) is 21.8 Å². The van der Waals surface area contributed by atoms with Crippen molar-refractivity contribution in [1.29, 1.82) is 0 Å². The summed E-state index contributed by atoms with van der Waals surface area (Å²) in [6.45, 7) is 1.40. The van der Waals surface area contributed by atoms with Crippen molar-refractivity contribution >= 4 is 39.1 Å². The summed E-state index contributed by atoms with van der Waals surface area (Å²) in [6.07, 6.45) is 2.85. The summed E-state index contributed by atoms with van der Waals surface area (Å²) in [6, 6.07) is 9.96. The van der Waals surface area contributed by atoms with E-state index in [0.717, 1.165) is 0 Å². The quantitative estimate of drug-likeness (QED) is 0.657. The van der Waals surface area contributed by atoms with E-state index < -0.39 is 10.0 Å². The lowest BCUT2D eigenvalue weighted by molar-refractivity contribution is -0.134. The van der Waals surface area contributed by atoms with Gasteiger partial charge in [-0.1, -0.05) is 23.7 Å². The highest BCUT2D eigenvalue weighted by Crippen LogP contribution is 2.20. The second-order valence-electron chi connectivity index (χ2n) is 7.15. The zero-order valence-electron chi connectivity index (χ0n) is 17.1. The molecule has 1 aliphatic rings. The van der Waals surface area contributed by atoms with Crippen molar-refractivity contribution in [2.24, 2.45) is 0 Å². The first-order valence-corrected chi connectivity index (χ1v) is 11.5. The summed E-state index contributed by atoms with van der Waals surface area (Å²) in [7, 11) is -2.04. The number of piperazine rings is 1. The molecule has 1 aromatic heterocycles. The van der Waals surface area contributed by atoms with Gasteiger partial charge in [0.1, 0.15) is 4.90 Å². The van der Waals surface area contributed by atoms with Crippen LogP contribution in [0.2, 0.25) is 5.02 Å². The van der Waals surface area contributed by atoms with Gasteiger partial charge in [0, 0.05) is 45.6 Å². The third-order valence-corrected chi connectivity index (χ3v) is 7.13. The molecule has 1 aromatic carbocycles.